The third-order valence-electron chi connectivity index (χ3n) is 7.27. The SMILES string of the molecule is O=C1CCC(N2Cc3cc(C[C@H]4CCCC[C@@H]4NCc4ccccn4)ccc3C2=O)C(=O)N1. The molecule has 7 heteroatoms. The third kappa shape index (κ3) is 4.69. The lowest BCUT2D eigenvalue weighted by atomic mass is 9.80. The molecule has 3 amide bonds. The minimum Gasteiger partial charge on any atom is -0.322 e. The van der Waals surface area contributed by atoms with Crippen molar-refractivity contribution in [2.75, 3.05) is 0 Å². The number of hydrogen-bond donors (Lipinski definition) is 2. The van der Waals surface area contributed by atoms with E-state index in [9.17, 15) is 14.4 Å². The van der Waals surface area contributed by atoms with Crippen molar-refractivity contribution in [3.63, 3.8) is 0 Å². The molecule has 1 aliphatic carbocycles. The average Bonchev–Trinajstić information content (AvgIpc) is 3.14. The van der Waals surface area contributed by atoms with E-state index in [1.54, 1.807) is 4.90 Å². The van der Waals surface area contributed by atoms with Gasteiger partial charge in [-0.15, -0.1) is 0 Å². The van der Waals surface area contributed by atoms with Crippen LogP contribution < -0.4 is 10.6 Å². The van der Waals surface area contributed by atoms with Gasteiger partial charge in [0.25, 0.3) is 5.91 Å². The molecule has 3 atom stereocenters. The number of benzene rings is 1. The van der Waals surface area contributed by atoms with Crippen LogP contribution in [-0.2, 0) is 29.1 Å². The van der Waals surface area contributed by atoms with Gasteiger partial charge in [-0.2, -0.15) is 0 Å². The Bertz CT molecular complexity index is 1050. The minimum absolute atomic E-state index is 0.112. The first-order valence-corrected chi connectivity index (χ1v) is 12.0. The van der Waals surface area contributed by atoms with Gasteiger partial charge in [0.15, 0.2) is 0 Å². The molecule has 7 nitrogen and oxygen atoms in total. The van der Waals surface area contributed by atoms with Crippen LogP contribution in [0.3, 0.4) is 0 Å². The fraction of sp³-hybridized carbons (Fsp3) is 0.462. The van der Waals surface area contributed by atoms with E-state index in [4.69, 9.17) is 0 Å². The highest BCUT2D eigenvalue weighted by Gasteiger charge is 2.39. The number of fused-ring (bicyclic) bond motifs is 1. The van der Waals surface area contributed by atoms with Crippen molar-refractivity contribution < 1.29 is 14.4 Å². The van der Waals surface area contributed by atoms with Gasteiger partial charge in [0, 0.05) is 37.3 Å². The summed E-state index contributed by atoms with van der Waals surface area (Å²) in [7, 11) is 0. The lowest BCUT2D eigenvalue weighted by Gasteiger charge is -2.32. The molecule has 0 spiro atoms. The number of pyridine rings is 1. The van der Waals surface area contributed by atoms with Crippen LogP contribution in [0.2, 0.25) is 0 Å². The molecule has 0 radical (unpaired) electrons. The Morgan fingerprint density at radius 2 is 1.94 bits per heavy atom. The molecule has 33 heavy (non-hydrogen) atoms. The summed E-state index contributed by atoms with van der Waals surface area (Å²) in [6.45, 7) is 1.21. The van der Waals surface area contributed by atoms with Crippen LogP contribution in [0, 0.1) is 5.92 Å². The highest BCUT2D eigenvalue weighted by Crippen LogP contribution is 2.31. The van der Waals surface area contributed by atoms with Crippen LogP contribution in [0.25, 0.3) is 0 Å². The Balaban J connectivity index is 1.25. The topological polar surface area (TPSA) is 91.4 Å². The largest absolute Gasteiger partial charge is 0.322 e. The number of rotatable bonds is 6. The van der Waals surface area contributed by atoms with Crippen LogP contribution >= 0.6 is 0 Å². The van der Waals surface area contributed by atoms with Crippen molar-refractivity contribution in [2.24, 2.45) is 5.92 Å². The molecule has 172 valence electrons. The van der Waals surface area contributed by atoms with Gasteiger partial charge in [0.1, 0.15) is 6.04 Å². The van der Waals surface area contributed by atoms with E-state index in [0.717, 1.165) is 24.2 Å². The first kappa shape index (κ1) is 21.8. The average molecular weight is 447 g/mol. The number of nitrogens with zero attached hydrogens (tertiary/aromatic N) is 2. The van der Waals surface area contributed by atoms with Crippen molar-refractivity contribution in [3.05, 3.63) is 65.0 Å². The number of nitrogens with one attached hydrogen (secondary N) is 2. The van der Waals surface area contributed by atoms with Gasteiger partial charge < -0.3 is 10.2 Å². The summed E-state index contributed by atoms with van der Waals surface area (Å²) < 4.78 is 0. The van der Waals surface area contributed by atoms with Crippen molar-refractivity contribution in [2.45, 2.75) is 70.1 Å². The monoisotopic (exact) mass is 446 g/mol. The molecule has 1 aromatic heterocycles. The van der Waals surface area contributed by atoms with Gasteiger partial charge in [0.2, 0.25) is 11.8 Å². The van der Waals surface area contributed by atoms with Crippen molar-refractivity contribution >= 4 is 17.7 Å². The lowest BCUT2D eigenvalue weighted by molar-refractivity contribution is -0.136. The van der Waals surface area contributed by atoms with Gasteiger partial charge in [-0.05, 0) is 60.9 Å². The maximum absolute atomic E-state index is 12.9. The van der Waals surface area contributed by atoms with Gasteiger partial charge in [-0.3, -0.25) is 24.7 Å². The van der Waals surface area contributed by atoms with Gasteiger partial charge >= 0.3 is 0 Å². The Labute approximate surface area is 194 Å². The summed E-state index contributed by atoms with van der Waals surface area (Å²) in [5.41, 5.74) is 3.96. The normalized spacial score (nSPS) is 25.2. The Kier molecular flexibility index (Phi) is 6.22. The maximum Gasteiger partial charge on any atom is 0.255 e. The number of amides is 3. The third-order valence-corrected chi connectivity index (χ3v) is 7.27. The van der Waals surface area contributed by atoms with Crippen LogP contribution in [0.1, 0.15) is 65.7 Å². The van der Waals surface area contributed by atoms with E-state index in [0.29, 0.717) is 30.5 Å². The van der Waals surface area contributed by atoms with E-state index in [1.807, 2.05) is 24.4 Å². The predicted octanol–water partition coefficient (Wildman–Crippen LogP) is 2.73. The quantitative estimate of drug-likeness (QED) is 0.666. The van der Waals surface area contributed by atoms with Crippen LogP contribution in [0.15, 0.2) is 42.6 Å². The molecule has 1 saturated heterocycles. The minimum atomic E-state index is -0.565. The standard InChI is InChI=1S/C26H30N4O3/c31-24-11-10-23(25(32)29-24)30-16-19-14-17(8-9-21(19)26(30)33)13-18-5-1-2-7-22(18)28-15-20-6-3-4-12-27-20/h3-4,6,8-9,12,14,18,22-23,28H,1-2,5,7,10-11,13,15-16H2,(H,29,31,32)/t18-,22+,23?/m1/s1. The first-order valence-electron chi connectivity index (χ1n) is 12.0. The van der Waals surface area contributed by atoms with E-state index in [1.165, 1.54) is 31.2 Å². The van der Waals surface area contributed by atoms with Crippen molar-refractivity contribution in [1.29, 1.82) is 0 Å². The van der Waals surface area contributed by atoms with E-state index >= 15 is 0 Å². The Hall–Kier alpha value is -3.06. The summed E-state index contributed by atoms with van der Waals surface area (Å²) in [6.07, 6.45) is 8.33. The fourth-order valence-electron chi connectivity index (χ4n) is 5.52. The Morgan fingerprint density at radius 1 is 1.06 bits per heavy atom. The summed E-state index contributed by atoms with van der Waals surface area (Å²) in [5, 5.41) is 6.09. The highest BCUT2D eigenvalue weighted by molar-refractivity contribution is 6.05. The first-order chi connectivity index (χ1) is 16.1. The van der Waals surface area contributed by atoms with Gasteiger partial charge in [-0.1, -0.05) is 31.0 Å². The summed E-state index contributed by atoms with van der Waals surface area (Å²) in [6, 6.07) is 12.0. The second-order valence-corrected chi connectivity index (χ2v) is 9.45. The number of carbonyl (C=O) groups excluding carboxylic acids is 3. The lowest BCUT2D eigenvalue weighted by Crippen LogP contribution is -2.52. The molecule has 2 N–H and O–H groups in total. The molecule has 0 bridgehead atoms. The molecule has 1 aromatic carbocycles. The molecular weight excluding hydrogens is 416 g/mol. The molecule has 5 rings (SSSR count). The van der Waals surface area contributed by atoms with Crippen molar-refractivity contribution in [1.82, 2.24) is 20.5 Å². The maximum atomic E-state index is 12.9. The zero-order valence-electron chi connectivity index (χ0n) is 18.8. The van der Waals surface area contributed by atoms with Crippen LogP contribution in [-0.4, -0.2) is 39.7 Å². The molecule has 3 heterocycles. The molecule has 3 aliphatic rings. The van der Waals surface area contributed by atoms with Gasteiger partial charge in [0.05, 0.1) is 5.69 Å². The zero-order valence-corrected chi connectivity index (χ0v) is 18.8. The number of aromatic nitrogens is 1. The molecule has 2 aromatic rings. The van der Waals surface area contributed by atoms with E-state index < -0.39 is 6.04 Å². The smallest absolute Gasteiger partial charge is 0.255 e. The molecular formula is C26H30N4O3. The molecule has 2 aliphatic heterocycles. The fourth-order valence-corrected chi connectivity index (χ4v) is 5.52. The highest BCUT2D eigenvalue weighted by atomic mass is 16.2. The Morgan fingerprint density at radius 3 is 2.76 bits per heavy atom. The number of hydrogen-bond acceptors (Lipinski definition) is 5. The van der Waals surface area contributed by atoms with Crippen LogP contribution in [0.5, 0.6) is 0 Å². The second kappa shape index (κ2) is 9.43. The molecule has 1 unspecified atom stereocenters. The van der Waals surface area contributed by atoms with Crippen molar-refractivity contribution in [3.8, 4) is 0 Å². The molecule has 2 fully saturated rings. The summed E-state index contributed by atoms with van der Waals surface area (Å²) >= 11 is 0. The van der Waals surface area contributed by atoms with E-state index in [-0.39, 0.29) is 24.1 Å². The summed E-state index contributed by atoms with van der Waals surface area (Å²) in [4.78, 5) is 42.7. The number of imide groups is 1. The van der Waals surface area contributed by atoms with Gasteiger partial charge in [-0.25, -0.2) is 0 Å². The summed E-state index contributed by atoms with van der Waals surface area (Å²) in [5.74, 6) is -0.194. The number of piperidine rings is 1. The molecule has 1 saturated carbocycles. The van der Waals surface area contributed by atoms with E-state index in [2.05, 4.69) is 33.8 Å². The second-order valence-electron chi connectivity index (χ2n) is 9.45. The zero-order chi connectivity index (χ0) is 22.8. The van der Waals surface area contributed by atoms with Crippen LogP contribution in [0.4, 0.5) is 0 Å². The predicted molar refractivity (Wildman–Crippen MR) is 123 cm³/mol. The number of carbonyl (C=O) groups is 3.